The largest absolute Gasteiger partial charge is 0.390 e. The summed E-state index contributed by atoms with van der Waals surface area (Å²) in [4.78, 5) is 9.22. The van der Waals surface area contributed by atoms with Gasteiger partial charge in [-0.1, -0.05) is 41.5 Å². The van der Waals surface area contributed by atoms with Crippen LogP contribution in [0.15, 0.2) is 0 Å². The molecule has 0 heterocycles. The maximum Gasteiger partial charge on any atom is 0.214 e. The van der Waals surface area contributed by atoms with Crippen molar-refractivity contribution in [2.75, 3.05) is 0 Å². The van der Waals surface area contributed by atoms with Gasteiger partial charge in [0.2, 0.25) is 5.91 Å². The first-order valence-electron chi connectivity index (χ1n) is 6.42. The average Bonchev–Trinajstić information content (AvgIpc) is 2.01. The highest BCUT2D eigenvalue weighted by molar-refractivity contribution is 5.70. The van der Waals surface area contributed by atoms with E-state index in [1.54, 1.807) is 0 Å². The van der Waals surface area contributed by atoms with Gasteiger partial charge >= 0.3 is 0 Å². The lowest BCUT2D eigenvalue weighted by atomic mass is 9.82. The Balaban J connectivity index is -0.000000165. The molecule has 0 aromatic carbocycles. The molecule has 0 spiro atoms. The van der Waals surface area contributed by atoms with Gasteiger partial charge in [-0.25, -0.2) is 0 Å². The van der Waals surface area contributed by atoms with Crippen molar-refractivity contribution in [3.05, 3.63) is 0 Å². The van der Waals surface area contributed by atoms with Crippen molar-refractivity contribution in [3.63, 3.8) is 0 Å². The van der Waals surface area contributed by atoms with Crippen LogP contribution in [0.1, 0.15) is 74.7 Å². The van der Waals surface area contributed by atoms with E-state index in [0.717, 1.165) is 12.8 Å². The zero-order valence-corrected chi connectivity index (χ0v) is 13.1. The van der Waals surface area contributed by atoms with Crippen molar-refractivity contribution < 1.29 is 9.90 Å². The highest BCUT2D eigenvalue weighted by Gasteiger charge is 2.27. The van der Waals surface area contributed by atoms with Crippen molar-refractivity contribution in [1.29, 1.82) is 0 Å². The number of amides is 1. The van der Waals surface area contributed by atoms with Crippen LogP contribution >= 0.6 is 0 Å². The summed E-state index contributed by atoms with van der Waals surface area (Å²) in [6.07, 6.45) is 3.23. The summed E-state index contributed by atoms with van der Waals surface area (Å²) < 4.78 is 0. The van der Waals surface area contributed by atoms with Gasteiger partial charge in [0.05, 0.1) is 5.60 Å². The van der Waals surface area contributed by atoms with Crippen LogP contribution in [-0.2, 0) is 4.79 Å². The predicted molar refractivity (Wildman–Crippen MR) is 75.8 cm³/mol. The minimum absolute atomic E-state index is 0.278. The Morgan fingerprint density at radius 3 is 1.29 bits per heavy atom. The van der Waals surface area contributed by atoms with Crippen molar-refractivity contribution >= 4 is 5.91 Å². The van der Waals surface area contributed by atoms with Gasteiger partial charge in [-0.2, -0.15) is 0 Å². The van der Waals surface area contributed by atoms with Gasteiger partial charge in [0.15, 0.2) is 0 Å². The molecule has 0 unspecified atom stereocenters. The maximum absolute atomic E-state index is 9.22. The minimum Gasteiger partial charge on any atom is -0.390 e. The Bertz CT molecular complexity index is 165. The third-order valence-corrected chi connectivity index (χ3v) is 1.43. The number of aliphatic hydroxyl groups is 1. The van der Waals surface area contributed by atoms with E-state index in [2.05, 4.69) is 33.4 Å². The topological polar surface area (TPSA) is 63.3 Å². The van der Waals surface area contributed by atoms with Crippen LogP contribution in [0, 0.1) is 5.41 Å². The lowest BCUT2D eigenvalue weighted by Crippen LogP contribution is -2.32. The summed E-state index contributed by atoms with van der Waals surface area (Å²) in [5.74, 6) is -0.333. The first kappa shape index (κ1) is 21.7. The van der Waals surface area contributed by atoms with Crippen LogP contribution in [0.25, 0.3) is 0 Å². The van der Waals surface area contributed by atoms with E-state index < -0.39 is 0 Å². The average molecular weight is 247 g/mol. The quantitative estimate of drug-likeness (QED) is 0.688. The number of nitrogens with two attached hydrogens (primary N) is 1. The van der Waals surface area contributed by atoms with Crippen molar-refractivity contribution in [2.45, 2.75) is 80.3 Å². The molecule has 17 heavy (non-hydrogen) atoms. The number of hydrogen-bond donors (Lipinski definition) is 2. The zero-order valence-electron chi connectivity index (χ0n) is 13.1. The van der Waals surface area contributed by atoms with Crippen LogP contribution in [-0.4, -0.2) is 16.6 Å². The molecule has 0 aliphatic heterocycles. The second-order valence-corrected chi connectivity index (χ2v) is 5.96. The molecule has 1 amide bonds. The van der Waals surface area contributed by atoms with Gasteiger partial charge in [0, 0.05) is 6.92 Å². The molecule has 3 heteroatoms. The molecule has 3 N–H and O–H groups in total. The predicted octanol–water partition coefficient (Wildman–Crippen LogP) is 3.49. The Kier molecular flexibility index (Phi) is 13.5. The zero-order chi connectivity index (χ0) is 14.7. The SMILES string of the molecule is CC.CC(C)(C)C.CC(N)=O.CC1(O)CCC1. The molecular weight excluding hydrogens is 214 g/mol. The first-order valence-corrected chi connectivity index (χ1v) is 6.42. The molecule has 0 radical (unpaired) electrons. The summed E-state index contributed by atoms with van der Waals surface area (Å²) in [5, 5.41) is 8.91. The Morgan fingerprint density at radius 1 is 1.18 bits per heavy atom. The standard InChI is InChI=1S/C5H10O.C5H12.C2H5NO.C2H6/c1-5(6)3-2-4-5;1-5(2,3)4;1-2(3)4;1-2/h6H,2-4H2,1H3;1-4H3;1H3,(H2,3,4);1-2H3. The van der Waals surface area contributed by atoms with E-state index in [1.165, 1.54) is 13.3 Å². The van der Waals surface area contributed by atoms with Crippen LogP contribution < -0.4 is 5.73 Å². The lowest BCUT2D eigenvalue weighted by molar-refractivity contribution is -0.115. The Morgan fingerprint density at radius 2 is 1.29 bits per heavy atom. The molecule has 1 aliphatic carbocycles. The van der Waals surface area contributed by atoms with Gasteiger partial charge in [0.1, 0.15) is 0 Å². The molecule has 0 aromatic rings. The number of carbonyl (C=O) groups is 1. The van der Waals surface area contributed by atoms with Gasteiger partial charge < -0.3 is 10.8 Å². The number of primary amides is 1. The van der Waals surface area contributed by atoms with E-state index in [4.69, 9.17) is 5.11 Å². The van der Waals surface area contributed by atoms with Crippen LogP contribution in [0.4, 0.5) is 0 Å². The van der Waals surface area contributed by atoms with Gasteiger partial charge in [0.25, 0.3) is 0 Å². The first-order chi connectivity index (χ1) is 7.44. The summed E-state index contributed by atoms with van der Waals surface area (Å²) in [5.41, 5.74) is 4.69. The van der Waals surface area contributed by atoms with Crippen molar-refractivity contribution in [2.24, 2.45) is 11.1 Å². The van der Waals surface area contributed by atoms with Crippen LogP contribution in [0.3, 0.4) is 0 Å². The fourth-order valence-corrected chi connectivity index (χ4v) is 0.688. The molecule has 1 fully saturated rings. The Hall–Kier alpha value is -0.570. The smallest absolute Gasteiger partial charge is 0.214 e. The van der Waals surface area contributed by atoms with Crippen molar-refractivity contribution in [3.8, 4) is 0 Å². The van der Waals surface area contributed by atoms with Gasteiger partial charge in [-0.15, -0.1) is 0 Å². The molecule has 1 saturated carbocycles. The molecule has 0 atom stereocenters. The van der Waals surface area contributed by atoms with E-state index >= 15 is 0 Å². The third kappa shape index (κ3) is 50.4. The summed E-state index contributed by atoms with van der Waals surface area (Å²) >= 11 is 0. The molecular formula is C14H33NO2. The highest BCUT2D eigenvalue weighted by Crippen LogP contribution is 2.29. The summed E-state index contributed by atoms with van der Waals surface area (Å²) in [7, 11) is 0. The molecule has 0 saturated heterocycles. The van der Waals surface area contributed by atoms with Gasteiger partial charge in [-0.05, 0) is 31.6 Å². The molecule has 3 nitrogen and oxygen atoms in total. The fourth-order valence-electron chi connectivity index (χ4n) is 0.688. The van der Waals surface area contributed by atoms with E-state index in [9.17, 15) is 4.79 Å². The second-order valence-electron chi connectivity index (χ2n) is 5.96. The number of carbonyl (C=O) groups excluding carboxylic acids is 1. The number of hydrogen-bond acceptors (Lipinski definition) is 2. The summed E-state index contributed by atoms with van der Waals surface area (Å²) in [6, 6.07) is 0. The normalized spacial score (nSPS) is 15.6. The molecule has 1 rings (SSSR count). The monoisotopic (exact) mass is 247 g/mol. The van der Waals surface area contributed by atoms with E-state index in [0.29, 0.717) is 5.41 Å². The summed E-state index contributed by atoms with van der Waals surface area (Å²) in [6.45, 7) is 15.9. The van der Waals surface area contributed by atoms with Crippen molar-refractivity contribution in [1.82, 2.24) is 0 Å². The second kappa shape index (κ2) is 10.6. The molecule has 0 aromatic heterocycles. The third-order valence-electron chi connectivity index (χ3n) is 1.43. The Labute approximate surface area is 108 Å². The number of rotatable bonds is 0. The molecule has 1 aliphatic rings. The maximum atomic E-state index is 9.22. The minimum atomic E-state index is -0.333. The van der Waals surface area contributed by atoms with Gasteiger partial charge in [-0.3, -0.25) is 4.79 Å². The van der Waals surface area contributed by atoms with E-state index in [1.807, 2.05) is 20.8 Å². The molecule has 106 valence electrons. The van der Waals surface area contributed by atoms with Crippen LogP contribution in [0.2, 0.25) is 0 Å². The molecule has 0 bridgehead atoms. The lowest BCUT2D eigenvalue weighted by Gasteiger charge is -2.31. The highest BCUT2D eigenvalue weighted by atomic mass is 16.3. The van der Waals surface area contributed by atoms with Crippen LogP contribution in [0.5, 0.6) is 0 Å². The van der Waals surface area contributed by atoms with E-state index in [-0.39, 0.29) is 11.5 Å². The fraction of sp³-hybridized carbons (Fsp3) is 0.929.